The molecule has 1 fully saturated rings. The Morgan fingerprint density at radius 2 is 1.89 bits per heavy atom. The lowest BCUT2D eigenvalue weighted by molar-refractivity contribution is -0.138. The first-order valence-corrected chi connectivity index (χ1v) is 7.41. The molecule has 0 aromatic heterocycles. The summed E-state index contributed by atoms with van der Waals surface area (Å²) in [6.07, 6.45) is 5.06. The SMILES string of the molecule is CC1CCC(C(=O)N(CCC(N)=S)C(C)C)CC1. The molecule has 1 saturated carbocycles. The van der Waals surface area contributed by atoms with Crippen molar-refractivity contribution in [1.29, 1.82) is 0 Å². The Bertz CT molecular complexity index is 296. The molecule has 0 aliphatic heterocycles. The normalized spacial score (nSPS) is 24.0. The second kappa shape index (κ2) is 7.07. The van der Waals surface area contributed by atoms with Gasteiger partial charge in [0.05, 0.1) is 4.99 Å². The number of hydrogen-bond acceptors (Lipinski definition) is 2. The fourth-order valence-electron chi connectivity index (χ4n) is 2.60. The predicted molar refractivity (Wildman–Crippen MR) is 79.4 cm³/mol. The Labute approximate surface area is 116 Å². The molecule has 0 unspecified atom stereocenters. The third kappa shape index (κ3) is 4.56. The number of hydrogen-bond donors (Lipinski definition) is 1. The molecule has 0 atom stereocenters. The van der Waals surface area contributed by atoms with Crippen molar-refractivity contribution in [2.24, 2.45) is 17.6 Å². The maximum atomic E-state index is 12.5. The van der Waals surface area contributed by atoms with E-state index in [1.807, 2.05) is 4.90 Å². The van der Waals surface area contributed by atoms with Gasteiger partial charge in [-0.15, -0.1) is 0 Å². The summed E-state index contributed by atoms with van der Waals surface area (Å²) in [6, 6.07) is 0.228. The van der Waals surface area contributed by atoms with Crippen molar-refractivity contribution in [2.75, 3.05) is 6.54 Å². The smallest absolute Gasteiger partial charge is 0.225 e. The molecule has 0 saturated heterocycles. The van der Waals surface area contributed by atoms with Crippen molar-refractivity contribution in [3.8, 4) is 0 Å². The number of amides is 1. The minimum Gasteiger partial charge on any atom is -0.393 e. The molecular weight excluding hydrogens is 244 g/mol. The van der Waals surface area contributed by atoms with Gasteiger partial charge in [0.15, 0.2) is 0 Å². The van der Waals surface area contributed by atoms with Crippen molar-refractivity contribution < 1.29 is 4.79 Å². The van der Waals surface area contributed by atoms with Crippen LogP contribution in [-0.2, 0) is 4.79 Å². The zero-order valence-corrected chi connectivity index (χ0v) is 12.6. The monoisotopic (exact) mass is 270 g/mol. The van der Waals surface area contributed by atoms with E-state index in [0.717, 1.165) is 18.8 Å². The zero-order valence-electron chi connectivity index (χ0n) is 11.8. The summed E-state index contributed by atoms with van der Waals surface area (Å²) < 4.78 is 0. The van der Waals surface area contributed by atoms with E-state index in [4.69, 9.17) is 18.0 Å². The van der Waals surface area contributed by atoms with Gasteiger partial charge >= 0.3 is 0 Å². The van der Waals surface area contributed by atoms with E-state index >= 15 is 0 Å². The summed E-state index contributed by atoms with van der Waals surface area (Å²) in [5.41, 5.74) is 5.53. The van der Waals surface area contributed by atoms with E-state index in [2.05, 4.69) is 20.8 Å². The number of rotatable bonds is 5. The fourth-order valence-corrected chi connectivity index (χ4v) is 2.69. The minimum absolute atomic E-state index is 0.218. The Balaban J connectivity index is 2.56. The maximum Gasteiger partial charge on any atom is 0.225 e. The molecule has 1 aliphatic carbocycles. The number of nitrogens with zero attached hydrogens (tertiary/aromatic N) is 1. The van der Waals surface area contributed by atoms with E-state index in [1.165, 1.54) is 12.8 Å². The van der Waals surface area contributed by atoms with E-state index in [9.17, 15) is 4.79 Å². The Morgan fingerprint density at radius 1 is 1.33 bits per heavy atom. The molecule has 1 amide bonds. The standard InChI is InChI=1S/C14H26N2OS/c1-10(2)16(9-8-13(15)18)14(17)12-6-4-11(3)5-7-12/h10-12H,4-9H2,1-3H3,(H2,15,18). The second-order valence-corrected chi connectivity index (χ2v) is 6.32. The van der Waals surface area contributed by atoms with E-state index in [1.54, 1.807) is 0 Å². The van der Waals surface area contributed by atoms with E-state index in [-0.39, 0.29) is 12.0 Å². The highest BCUT2D eigenvalue weighted by Crippen LogP contribution is 2.30. The lowest BCUT2D eigenvalue weighted by atomic mass is 9.82. The van der Waals surface area contributed by atoms with Crippen LogP contribution in [0.2, 0.25) is 0 Å². The summed E-state index contributed by atoms with van der Waals surface area (Å²) >= 11 is 4.90. The molecule has 18 heavy (non-hydrogen) atoms. The molecule has 1 aliphatic rings. The fraction of sp³-hybridized carbons (Fsp3) is 0.857. The van der Waals surface area contributed by atoms with E-state index < -0.39 is 0 Å². The highest BCUT2D eigenvalue weighted by atomic mass is 32.1. The quantitative estimate of drug-likeness (QED) is 0.781. The molecule has 1 rings (SSSR count). The topological polar surface area (TPSA) is 46.3 Å². The molecule has 2 N–H and O–H groups in total. The molecule has 0 radical (unpaired) electrons. The van der Waals surface area contributed by atoms with Gasteiger partial charge in [-0.2, -0.15) is 0 Å². The van der Waals surface area contributed by atoms with Gasteiger partial charge in [0.2, 0.25) is 5.91 Å². The Morgan fingerprint density at radius 3 is 2.33 bits per heavy atom. The molecule has 0 spiro atoms. The van der Waals surface area contributed by atoms with Gasteiger partial charge in [-0.1, -0.05) is 19.1 Å². The van der Waals surface area contributed by atoms with Crippen LogP contribution in [0.15, 0.2) is 0 Å². The third-order valence-corrected chi connectivity index (χ3v) is 4.07. The molecular formula is C14H26N2OS. The van der Waals surface area contributed by atoms with Crippen LogP contribution in [-0.4, -0.2) is 28.4 Å². The summed E-state index contributed by atoms with van der Waals surface area (Å²) in [7, 11) is 0. The lowest BCUT2D eigenvalue weighted by Gasteiger charge is -2.33. The molecule has 0 aromatic carbocycles. The van der Waals surface area contributed by atoms with Crippen molar-refractivity contribution in [3.05, 3.63) is 0 Å². The van der Waals surface area contributed by atoms with Gasteiger partial charge in [-0.25, -0.2) is 0 Å². The Kier molecular flexibility index (Phi) is 6.06. The minimum atomic E-state index is 0.218. The molecule has 3 nitrogen and oxygen atoms in total. The summed E-state index contributed by atoms with van der Waals surface area (Å²) in [6.45, 7) is 7.05. The second-order valence-electron chi connectivity index (χ2n) is 5.80. The van der Waals surface area contributed by atoms with Crippen LogP contribution in [0.25, 0.3) is 0 Å². The number of carbonyl (C=O) groups excluding carboxylic acids is 1. The highest BCUT2D eigenvalue weighted by molar-refractivity contribution is 7.80. The molecule has 104 valence electrons. The van der Waals surface area contributed by atoms with Crippen LogP contribution in [0.5, 0.6) is 0 Å². The molecule has 0 bridgehead atoms. The first-order chi connectivity index (χ1) is 8.41. The Hall–Kier alpha value is -0.640. The van der Waals surface area contributed by atoms with Crippen molar-refractivity contribution in [3.63, 3.8) is 0 Å². The van der Waals surface area contributed by atoms with Gasteiger partial charge in [0, 0.05) is 24.9 Å². The van der Waals surface area contributed by atoms with Crippen LogP contribution in [0.1, 0.15) is 52.9 Å². The highest BCUT2D eigenvalue weighted by Gasteiger charge is 2.29. The number of thiocarbonyl (C=S) groups is 1. The first-order valence-electron chi connectivity index (χ1n) is 7.00. The number of nitrogens with two attached hydrogens (primary N) is 1. The third-order valence-electron chi connectivity index (χ3n) is 3.87. The van der Waals surface area contributed by atoms with Gasteiger partial charge < -0.3 is 10.6 Å². The van der Waals surface area contributed by atoms with Crippen molar-refractivity contribution in [2.45, 2.75) is 58.9 Å². The summed E-state index contributed by atoms with van der Waals surface area (Å²) in [4.78, 5) is 14.9. The van der Waals surface area contributed by atoms with Gasteiger partial charge in [-0.3, -0.25) is 4.79 Å². The summed E-state index contributed by atoms with van der Waals surface area (Å²) in [5, 5.41) is 0. The van der Waals surface area contributed by atoms with Crippen molar-refractivity contribution in [1.82, 2.24) is 4.90 Å². The van der Waals surface area contributed by atoms with Crippen LogP contribution in [0, 0.1) is 11.8 Å². The van der Waals surface area contributed by atoms with E-state index in [0.29, 0.717) is 23.9 Å². The summed E-state index contributed by atoms with van der Waals surface area (Å²) in [5.74, 6) is 1.29. The molecule has 0 aromatic rings. The van der Waals surface area contributed by atoms with Crippen LogP contribution < -0.4 is 5.73 Å². The zero-order chi connectivity index (χ0) is 13.7. The van der Waals surface area contributed by atoms with Gasteiger partial charge in [0.1, 0.15) is 0 Å². The average Bonchev–Trinajstić information content (AvgIpc) is 2.29. The molecule has 4 heteroatoms. The lowest BCUT2D eigenvalue weighted by Crippen LogP contribution is -2.43. The average molecular weight is 270 g/mol. The largest absolute Gasteiger partial charge is 0.393 e. The van der Waals surface area contributed by atoms with Crippen molar-refractivity contribution >= 4 is 23.1 Å². The molecule has 0 heterocycles. The van der Waals surface area contributed by atoms with Gasteiger partial charge in [-0.05, 0) is 45.4 Å². The van der Waals surface area contributed by atoms with Crippen LogP contribution in [0.4, 0.5) is 0 Å². The van der Waals surface area contributed by atoms with Gasteiger partial charge in [0.25, 0.3) is 0 Å². The van der Waals surface area contributed by atoms with Crippen LogP contribution in [0.3, 0.4) is 0 Å². The number of carbonyl (C=O) groups is 1. The van der Waals surface area contributed by atoms with Crippen LogP contribution >= 0.6 is 12.2 Å². The maximum absolute atomic E-state index is 12.5. The predicted octanol–water partition coefficient (Wildman–Crippen LogP) is 2.73. The first kappa shape index (κ1) is 15.4.